The first-order chi connectivity index (χ1) is 10.1. The first-order valence-corrected chi connectivity index (χ1v) is 6.16. The molecule has 0 bridgehead atoms. The number of anilines is 1. The molecule has 2 aromatic rings. The fourth-order valence-corrected chi connectivity index (χ4v) is 1.60. The lowest BCUT2D eigenvalue weighted by Crippen LogP contribution is -2.13. The van der Waals surface area contributed by atoms with E-state index < -0.39 is 12.7 Å². The van der Waals surface area contributed by atoms with Gasteiger partial charge in [-0.05, 0) is 29.8 Å². The molecule has 1 amide bonds. The molecule has 0 atom stereocenters. The second-order valence-electron chi connectivity index (χ2n) is 4.09. The minimum atomic E-state index is -2.88. The molecule has 2 rings (SSSR count). The normalized spacial score (nSPS) is 10.2. The fraction of sp³-hybridized carbons (Fsp3) is 0.133. The molecule has 0 heterocycles. The minimum Gasteiger partial charge on any atom is -0.444 e. The van der Waals surface area contributed by atoms with Crippen molar-refractivity contribution in [1.29, 1.82) is 0 Å². The number of nitrogens with one attached hydrogen (secondary N) is 1. The summed E-state index contributed by atoms with van der Waals surface area (Å²) in [5, 5.41) is 2.49. The van der Waals surface area contributed by atoms with Crippen molar-refractivity contribution in [3.05, 3.63) is 60.2 Å². The van der Waals surface area contributed by atoms with Crippen LogP contribution in [0.5, 0.6) is 5.75 Å². The first kappa shape index (κ1) is 14.8. The van der Waals surface area contributed by atoms with E-state index in [1.807, 2.05) is 30.3 Å². The number of rotatable bonds is 5. The van der Waals surface area contributed by atoms with Gasteiger partial charge in [0, 0.05) is 5.69 Å². The van der Waals surface area contributed by atoms with Crippen molar-refractivity contribution >= 4 is 11.8 Å². The Bertz CT molecular complexity index is 573. The summed E-state index contributed by atoms with van der Waals surface area (Å²) >= 11 is 0. The molecule has 110 valence electrons. The number of benzene rings is 2. The lowest BCUT2D eigenvalue weighted by atomic mass is 10.2. The van der Waals surface area contributed by atoms with Gasteiger partial charge >= 0.3 is 12.7 Å². The van der Waals surface area contributed by atoms with E-state index in [9.17, 15) is 13.6 Å². The molecule has 0 saturated carbocycles. The van der Waals surface area contributed by atoms with Gasteiger partial charge < -0.3 is 9.47 Å². The third kappa shape index (κ3) is 5.10. The summed E-state index contributed by atoms with van der Waals surface area (Å²) in [5.41, 5.74) is 1.29. The summed E-state index contributed by atoms with van der Waals surface area (Å²) < 4.78 is 33.2. The third-order valence-corrected chi connectivity index (χ3v) is 2.54. The first-order valence-electron chi connectivity index (χ1n) is 6.16. The Labute approximate surface area is 120 Å². The quantitative estimate of drug-likeness (QED) is 0.905. The molecule has 0 fully saturated rings. The predicted octanol–water partition coefficient (Wildman–Crippen LogP) is 4.04. The monoisotopic (exact) mass is 293 g/mol. The average molecular weight is 293 g/mol. The van der Waals surface area contributed by atoms with Crippen molar-refractivity contribution in [3.63, 3.8) is 0 Å². The molecule has 0 unspecified atom stereocenters. The Morgan fingerprint density at radius 2 is 1.71 bits per heavy atom. The standard InChI is InChI=1S/C15H13F2NO3/c16-14(17)21-13-8-6-12(7-9-13)18-15(19)20-10-11-4-2-1-3-5-11/h1-9,14H,10H2,(H,18,19). The molecule has 21 heavy (non-hydrogen) atoms. The molecule has 0 spiro atoms. The molecule has 0 radical (unpaired) electrons. The lowest BCUT2D eigenvalue weighted by Gasteiger charge is -2.08. The summed E-state index contributed by atoms with van der Waals surface area (Å²) in [7, 11) is 0. The van der Waals surface area contributed by atoms with Crippen molar-refractivity contribution in [3.8, 4) is 5.75 Å². The number of hydrogen-bond acceptors (Lipinski definition) is 3. The molecular formula is C15H13F2NO3. The number of alkyl halides is 2. The Morgan fingerprint density at radius 3 is 2.33 bits per heavy atom. The zero-order valence-corrected chi connectivity index (χ0v) is 11.0. The molecule has 6 heteroatoms. The smallest absolute Gasteiger partial charge is 0.411 e. The van der Waals surface area contributed by atoms with Crippen LogP contribution >= 0.6 is 0 Å². The molecule has 0 aromatic heterocycles. The van der Waals surface area contributed by atoms with E-state index in [2.05, 4.69) is 10.1 Å². The second-order valence-corrected chi connectivity index (χ2v) is 4.09. The van der Waals surface area contributed by atoms with Crippen LogP contribution in [0, 0.1) is 0 Å². The number of ether oxygens (including phenoxy) is 2. The summed E-state index contributed by atoms with van der Waals surface area (Å²) in [6.45, 7) is -2.72. The molecule has 0 aliphatic heterocycles. The minimum absolute atomic E-state index is 0.0215. The van der Waals surface area contributed by atoms with E-state index in [1.165, 1.54) is 24.3 Å². The van der Waals surface area contributed by atoms with E-state index in [0.29, 0.717) is 5.69 Å². The van der Waals surface area contributed by atoms with Crippen LogP contribution in [-0.2, 0) is 11.3 Å². The third-order valence-electron chi connectivity index (χ3n) is 2.54. The van der Waals surface area contributed by atoms with E-state index >= 15 is 0 Å². The molecular weight excluding hydrogens is 280 g/mol. The lowest BCUT2D eigenvalue weighted by molar-refractivity contribution is -0.0498. The molecule has 1 N–H and O–H groups in total. The van der Waals surface area contributed by atoms with Crippen LogP contribution in [0.4, 0.5) is 19.3 Å². The van der Waals surface area contributed by atoms with E-state index in [1.54, 1.807) is 0 Å². The van der Waals surface area contributed by atoms with Gasteiger partial charge in [-0.25, -0.2) is 4.79 Å². The van der Waals surface area contributed by atoms with Crippen molar-refractivity contribution in [1.82, 2.24) is 0 Å². The van der Waals surface area contributed by atoms with Gasteiger partial charge in [-0.2, -0.15) is 8.78 Å². The predicted molar refractivity (Wildman–Crippen MR) is 73.3 cm³/mol. The highest BCUT2D eigenvalue weighted by Gasteiger charge is 2.06. The number of hydrogen-bond donors (Lipinski definition) is 1. The summed E-state index contributed by atoms with van der Waals surface area (Å²) in [4.78, 5) is 11.6. The SMILES string of the molecule is O=C(Nc1ccc(OC(F)F)cc1)OCc1ccccc1. The number of amides is 1. The molecule has 0 saturated heterocycles. The average Bonchev–Trinajstić information content (AvgIpc) is 2.48. The van der Waals surface area contributed by atoms with Crippen LogP contribution in [0.15, 0.2) is 54.6 Å². The van der Waals surface area contributed by atoms with E-state index in [-0.39, 0.29) is 12.4 Å². The van der Waals surface area contributed by atoms with Gasteiger partial charge in [0.2, 0.25) is 0 Å². The Kier molecular flexibility index (Phi) is 5.09. The van der Waals surface area contributed by atoms with Gasteiger partial charge in [0.15, 0.2) is 0 Å². The Balaban J connectivity index is 1.82. The zero-order chi connectivity index (χ0) is 15.1. The van der Waals surface area contributed by atoms with E-state index in [0.717, 1.165) is 5.56 Å². The summed E-state index contributed by atoms with van der Waals surface area (Å²) in [6.07, 6.45) is -0.624. The fourth-order valence-electron chi connectivity index (χ4n) is 1.60. The maximum absolute atomic E-state index is 12.0. The highest BCUT2D eigenvalue weighted by Crippen LogP contribution is 2.17. The molecule has 0 aliphatic carbocycles. The van der Waals surface area contributed by atoms with Crippen LogP contribution in [-0.4, -0.2) is 12.7 Å². The highest BCUT2D eigenvalue weighted by atomic mass is 19.3. The topological polar surface area (TPSA) is 47.6 Å². The highest BCUT2D eigenvalue weighted by molar-refractivity contribution is 5.84. The van der Waals surface area contributed by atoms with Crippen LogP contribution in [0.25, 0.3) is 0 Å². The van der Waals surface area contributed by atoms with Gasteiger partial charge in [-0.1, -0.05) is 30.3 Å². The Morgan fingerprint density at radius 1 is 1.05 bits per heavy atom. The summed E-state index contributed by atoms with van der Waals surface area (Å²) in [6, 6.07) is 14.8. The molecule has 0 aliphatic rings. The van der Waals surface area contributed by atoms with Gasteiger partial charge in [0.25, 0.3) is 0 Å². The maximum atomic E-state index is 12.0. The largest absolute Gasteiger partial charge is 0.444 e. The van der Waals surface area contributed by atoms with Crippen molar-refractivity contribution in [2.24, 2.45) is 0 Å². The van der Waals surface area contributed by atoms with Gasteiger partial charge in [0.1, 0.15) is 12.4 Å². The molecule has 2 aromatic carbocycles. The van der Waals surface area contributed by atoms with Crippen molar-refractivity contribution < 1.29 is 23.0 Å². The van der Waals surface area contributed by atoms with Gasteiger partial charge in [0.05, 0.1) is 0 Å². The number of carbonyl (C=O) groups excluding carboxylic acids is 1. The summed E-state index contributed by atoms with van der Waals surface area (Å²) in [5.74, 6) is 0.0215. The number of halogens is 2. The van der Waals surface area contributed by atoms with Gasteiger partial charge in [-0.15, -0.1) is 0 Å². The van der Waals surface area contributed by atoms with Gasteiger partial charge in [-0.3, -0.25) is 5.32 Å². The van der Waals surface area contributed by atoms with Crippen molar-refractivity contribution in [2.75, 3.05) is 5.32 Å². The van der Waals surface area contributed by atoms with Crippen LogP contribution in [0.1, 0.15) is 5.56 Å². The van der Waals surface area contributed by atoms with Crippen LogP contribution in [0.2, 0.25) is 0 Å². The maximum Gasteiger partial charge on any atom is 0.411 e. The van der Waals surface area contributed by atoms with Crippen LogP contribution in [0.3, 0.4) is 0 Å². The van der Waals surface area contributed by atoms with E-state index in [4.69, 9.17) is 4.74 Å². The van der Waals surface area contributed by atoms with Crippen LogP contribution < -0.4 is 10.1 Å². The Hall–Kier alpha value is -2.63. The zero-order valence-electron chi connectivity index (χ0n) is 11.0. The second kappa shape index (κ2) is 7.23. The van der Waals surface area contributed by atoms with Crippen molar-refractivity contribution in [2.45, 2.75) is 13.2 Å². The number of carbonyl (C=O) groups is 1. The molecule has 4 nitrogen and oxygen atoms in total.